The maximum absolute atomic E-state index is 4.47. The minimum absolute atomic E-state index is 0. The summed E-state index contributed by atoms with van der Waals surface area (Å²) in [6.45, 7) is 4.56. The zero-order valence-electron chi connectivity index (χ0n) is 19.3. The Bertz CT molecular complexity index is 1360. The van der Waals surface area contributed by atoms with E-state index in [-0.39, 0.29) is 25.5 Å². The second-order valence-electron chi connectivity index (χ2n) is 8.86. The number of hydrogen-bond acceptors (Lipinski definition) is 1. The first kappa shape index (κ1) is 23.8. The van der Waals surface area contributed by atoms with Gasteiger partial charge in [-0.15, -0.1) is 35.4 Å². The van der Waals surface area contributed by atoms with Crippen LogP contribution in [0.2, 0.25) is 0 Å². The monoisotopic (exact) mass is 617 g/mol. The van der Waals surface area contributed by atoms with Crippen LogP contribution in [0.15, 0.2) is 121 Å². The van der Waals surface area contributed by atoms with Crippen molar-refractivity contribution in [2.45, 2.75) is 19.3 Å². The maximum atomic E-state index is 4.47. The molecule has 1 heterocycles. The quantitative estimate of drug-likeness (QED) is 0.182. The molecule has 0 amide bonds. The van der Waals surface area contributed by atoms with E-state index < -0.39 is 0 Å². The van der Waals surface area contributed by atoms with Gasteiger partial charge in [-0.05, 0) is 45.6 Å². The third kappa shape index (κ3) is 4.94. The first-order valence-corrected chi connectivity index (χ1v) is 11.3. The molecule has 169 valence electrons. The van der Waals surface area contributed by atoms with Crippen LogP contribution in [0.5, 0.6) is 0 Å². The van der Waals surface area contributed by atoms with Gasteiger partial charge in [-0.25, -0.2) is 0 Å². The van der Waals surface area contributed by atoms with Crippen molar-refractivity contribution in [1.29, 1.82) is 0 Å². The Morgan fingerprint density at radius 2 is 1.24 bits per heavy atom. The molecule has 1 nitrogen and oxygen atoms in total. The van der Waals surface area contributed by atoms with Crippen molar-refractivity contribution in [2.24, 2.45) is 0 Å². The molecule has 0 aliphatic rings. The van der Waals surface area contributed by atoms with Gasteiger partial charge in [-0.3, -0.25) is 0 Å². The van der Waals surface area contributed by atoms with E-state index in [0.717, 1.165) is 16.8 Å². The summed E-state index contributed by atoms with van der Waals surface area (Å²) in [6.07, 6.45) is 1.82. The van der Waals surface area contributed by atoms with Crippen LogP contribution in [0.3, 0.4) is 0 Å². The molecule has 0 saturated carbocycles. The minimum Gasteiger partial charge on any atom is -0.305 e. The molecule has 5 aromatic rings. The molecule has 0 fully saturated rings. The number of aromatic nitrogens is 1. The van der Waals surface area contributed by atoms with Crippen molar-refractivity contribution >= 4 is 0 Å². The Balaban J connectivity index is 0.00000274. The van der Waals surface area contributed by atoms with Crippen molar-refractivity contribution < 1.29 is 20.1 Å². The fourth-order valence-electron chi connectivity index (χ4n) is 4.30. The van der Waals surface area contributed by atoms with Gasteiger partial charge in [0.2, 0.25) is 0 Å². The Morgan fingerprint density at radius 1 is 0.588 bits per heavy atom. The maximum Gasteiger partial charge on any atom is 0.0160 e. The molecule has 1 radical (unpaired) electrons. The summed E-state index contributed by atoms with van der Waals surface area (Å²) in [5, 5.41) is 0. The summed E-state index contributed by atoms with van der Waals surface area (Å²) in [5.74, 6) is 0. The summed E-state index contributed by atoms with van der Waals surface area (Å²) in [5.41, 5.74) is 9.32. The molecule has 2 heteroatoms. The molecule has 1 aromatic heterocycles. The molecule has 0 N–H and O–H groups in total. The van der Waals surface area contributed by atoms with Crippen LogP contribution >= 0.6 is 0 Å². The largest absolute Gasteiger partial charge is 0.305 e. The van der Waals surface area contributed by atoms with Crippen LogP contribution in [0, 0.1) is 6.07 Å². The molecule has 0 atom stereocenters. The van der Waals surface area contributed by atoms with Crippen molar-refractivity contribution in [1.82, 2.24) is 4.98 Å². The van der Waals surface area contributed by atoms with Gasteiger partial charge in [0, 0.05) is 31.7 Å². The predicted molar refractivity (Wildman–Crippen MR) is 138 cm³/mol. The van der Waals surface area contributed by atoms with Crippen LogP contribution in [0.25, 0.3) is 33.5 Å². The van der Waals surface area contributed by atoms with Crippen LogP contribution in [0.1, 0.15) is 25.0 Å². The van der Waals surface area contributed by atoms with Crippen LogP contribution in [0.4, 0.5) is 0 Å². The summed E-state index contributed by atoms with van der Waals surface area (Å²) in [4.78, 5) is 4.47. The van der Waals surface area contributed by atoms with Gasteiger partial charge >= 0.3 is 0 Å². The van der Waals surface area contributed by atoms with E-state index in [1.165, 1.54) is 27.8 Å². The molecular formula is C32H26IrN-. The van der Waals surface area contributed by atoms with Crippen molar-refractivity contribution in [3.05, 3.63) is 139 Å². The molecular weight excluding hydrogens is 591 g/mol. The first-order valence-electron chi connectivity index (χ1n) is 11.3. The van der Waals surface area contributed by atoms with E-state index in [4.69, 9.17) is 0 Å². The van der Waals surface area contributed by atoms with Crippen molar-refractivity contribution in [2.75, 3.05) is 0 Å². The first-order chi connectivity index (χ1) is 16.1. The Hall–Kier alpha value is -3.32. The zero-order chi connectivity index (χ0) is 22.7. The van der Waals surface area contributed by atoms with E-state index in [1.54, 1.807) is 0 Å². The number of rotatable bonds is 5. The minimum atomic E-state index is -0.0376. The number of hydrogen-bond donors (Lipinski definition) is 0. The van der Waals surface area contributed by atoms with Gasteiger partial charge in [-0.2, -0.15) is 0 Å². The Kier molecular flexibility index (Phi) is 7.22. The zero-order valence-corrected chi connectivity index (χ0v) is 21.7. The molecule has 0 bridgehead atoms. The van der Waals surface area contributed by atoms with E-state index in [0.29, 0.717) is 0 Å². The van der Waals surface area contributed by atoms with E-state index in [9.17, 15) is 0 Å². The number of pyridine rings is 1. The van der Waals surface area contributed by atoms with Crippen molar-refractivity contribution in [3.63, 3.8) is 0 Å². The number of benzene rings is 4. The third-order valence-corrected chi connectivity index (χ3v) is 6.37. The predicted octanol–water partition coefficient (Wildman–Crippen LogP) is 8.21. The second kappa shape index (κ2) is 10.3. The van der Waals surface area contributed by atoms with Gasteiger partial charge in [0.25, 0.3) is 0 Å². The molecule has 0 aliphatic carbocycles. The Labute approximate surface area is 215 Å². The normalized spacial score (nSPS) is 11.0. The molecule has 4 aromatic carbocycles. The molecule has 0 unspecified atom stereocenters. The molecule has 5 rings (SSSR count). The summed E-state index contributed by atoms with van der Waals surface area (Å²) in [6, 6.07) is 43.9. The van der Waals surface area contributed by atoms with E-state index >= 15 is 0 Å². The van der Waals surface area contributed by atoms with Crippen LogP contribution in [-0.4, -0.2) is 4.98 Å². The van der Waals surface area contributed by atoms with E-state index in [1.807, 2.05) is 30.5 Å². The van der Waals surface area contributed by atoms with Crippen LogP contribution in [-0.2, 0) is 25.5 Å². The molecule has 34 heavy (non-hydrogen) atoms. The summed E-state index contributed by atoms with van der Waals surface area (Å²) in [7, 11) is 0. The summed E-state index contributed by atoms with van der Waals surface area (Å²) < 4.78 is 0. The average Bonchev–Trinajstić information content (AvgIpc) is 2.90. The number of nitrogens with zero attached hydrogens (tertiary/aromatic N) is 1. The third-order valence-electron chi connectivity index (χ3n) is 6.37. The standard InChI is InChI=1S/C32H26N.Ir/c1-32(2,29-14-4-3-5-15-29)30-19-17-24(18-20-30)25-10-8-11-26(22-25)27-12-9-13-28(23-27)31-16-6-7-21-33-31;/h3-12,14-23H,1-2H3;/q-1;. The summed E-state index contributed by atoms with van der Waals surface area (Å²) >= 11 is 0. The Morgan fingerprint density at radius 3 is 1.94 bits per heavy atom. The van der Waals surface area contributed by atoms with Gasteiger partial charge < -0.3 is 4.98 Å². The topological polar surface area (TPSA) is 12.9 Å². The van der Waals surface area contributed by atoms with E-state index in [2.05, 4.69) is 116 Å². The fraction of sp³-hybridized carbons (Fsp3) is 0.0938. The smallest absolute Gasteiger partial charge is 0.0160 e. The van der Waals surface area contributed by atoms with Gasteiger partial charge in [0.15, 0.2) is 0 Å². The fourth-order valence-corrected chi connectivity index (χ4v) is 4.30. The SMILES string of the molecule is CC(C)(c1ccccc1)c1ccc(-c2cccc(-c3cc[c-]c(-c4ccccn4)c3)c2)cc1.[Ir]. The molecule has 0 saturated heterocycles. The second-order valence-corrected chi connectivity index (χ2v) is 8.86. The van der Waals surface area contributed by atoms with Gasteiger partial charge in [0.05, 0.1) is 0 Å². The average molecular weight is 617 g/mol. The molecule has 0 spiro atoms. The van der Waals surface area contributed by atoms with Crippen LogP contribution < -0.4 is 0 Å². The molecule has 0 aliphatic heterocycles. The van der Waals surface area contributed by atoms with Crippen molar-refractivity contribution in [3.8, 4) is 33.5 Å². The van der Waals surface area contributed by atoms with Gasteiger partial charge in [-0.1, -0.05) is 98.8 Å². The van der Waals surface area contributed by atoms with Gasteiger partial charge in [0.1, 0.15) is 0 Å².